The monoisotopic (exact) mass is 964 g/mol. The van der Waals surface area contributed by atoms with Crippen molar-refractivity contribution in [3.63, 3.8) is 0 Å². The summed E-state index contributed by atoms with van der Waals surface area (Å²) in [7, 11) is 0. The maximum Gasteiger partial charge on any atom is 0.410 e. The van der Waals surface area contributed by atoms with Crippen molar-refractivity contribution in [1.29, 1.82) is 0 Å². The number of ether oxygens (including phenoxy) is 5. The lowest BCUT2D eigenvalue weighted by Crippen LogP contribution is -2.38. The van der Waals surface area contributed by atoms with E-state index in [0.717, 1.165) is 57.0 Å². The van der Waals surface area contributed by atoms with E-state index in [1.54, 1.807) is 11.0 Å². The Morgan fingerprint density at radius 1 is 0.736 bits per heavy atom. The Morgan fingerprint density at radius 3 is 1.94 bits per heavy atom. The van der Waals surface area contributed by atoms with Gasteiger partial charge in [0.15, 0.2) is 5.75 Å². The Hall–Kier alpha value is -7.24. The molecule has 0 radical (unpaired) electrons. The number of likely N-dealkylation sites (tertiary alicyclic amines) is 1. The highest BCUT2D eigenvalue weighted by Gasteiger charge is 2.41. The number of carbonyl (C=O) groups is 1. The van der Waals surface area contributed by atoms with Gasteiger partial charge in [-0.15, -0.1) is 0 Å². The van der Waals surface area contributed by atoms with Crippen LogP contribution in [0, 0.1) is 12.7 Å². The van der Waals surface area contributed by atoms with Gasteiger partial charge in [-0.2, -0.15) is 5.10 Å². The molecule has 0 bridgehead atoms. The van der Waals surface area contributed by atoms with Crippen LogP contribution in [0.15, 0.2) is 146 Å². The van der Waals surface area contributed by atoms with Crippen molar-refractivity contribution < 1.29 is 32.9 Å². The molecule has 4 heterocycles. The van der Waals surface area contributed by atoms with Gasteiger partial charge in [-0.05, 0) is 92.8 Å². The van der Waals surface area contributed by atoms with E-state index < -0.39 is 17.2 Å². The Kier molecular flexibility index (Phi) is 12.7. The molecule has 0 N–H and O–H groups in total. The number of amides is 1. The van der Waals surface area contributed by atoms with Gasteiger partial charge < -0.3 is 28.6 Å². The summed E-state index contributed by atoms with van der Waals surface area (Å²) in [6.45, 7) is 11.5. The lowest BCUT2D eigenvalue weighted by molar-refractivity contribution is 0.0234. The average molecular weight is 965 g/mol. The van der Waals surface area contributed by atoms with Crippen LogP contribution in [0.2, 0.25) is 0 Å². The van der Waals surface area contributed by atoms with E-state index in [0.29, 0.717) is 85.1 Å². The van der Waals surface area contributed by atoms with Gasteiger partial charge >= 0.3 is 6.09 Å². The molecule has 10 nitrogen and oxygen atoms in total. The predicted octanol–water partition coefficient (Wildman–Crippen LogP) is 13.5. The van der Waals surface area contributed by atoms with Gasteiger partial charge in [0, 0.05) is 66.0 Å². The topological polar surface area (TPSA) is 97.2 Å². The molecule has 8 aromatic rings. The van der Waals surface area contributed by atoms with Crippen molar-refractivity contribution in [3.05, 3.63) is 185 Å². The van der Waals surface area contributed by atoms with Crippen molar-refractivity contribution in [2.24, 2.45) is 0 Å². The van der Waals surface area contributed by atoms with Crippen LogP contribution in [0.3, 0.4) is 0 Å². The highest BCUT2D eigenvalue weighted by Crippen LogP contribution is 2.55. The molecule has 368 valence electrons. The summed E-state index contributed by atoms with van der Waals surface area (Å²) in [5, 5.41) is 6.94. The highest BCUT2D eigenvalue weighted by molar-refractivity contribution is 6.05. The van der Waals surface area contributed by atoms with Crippen LogP contribution in [0.1, 0.15) is 105 Å². The standard InChI is InChI=1S/C61H61FN4O6/c1-39-51(62)35-52-50(38-66(64-52)61(43-20-12-7-13-21-43,44-22-14-8-15-23-44)45-24-16-9-17-25-45)55(39)56-48(42-26-27-42)34-49-53(70-47-28-31-65(37-47)59(67)72-60(3,4)5)36-54(71-46-29-32-68-33-30-46)63-57(49)58(56)69-40(2)41-18-10-6-11-19-41/h6-25,34-36,38,40,42,46-47H,26-33,37H2,1-5H3/t40-,47-/m0/s1. The molecule has 3 aliphatic rings. The molecule has 6 aromatic carbocycles. The quantitative estimate of drug-likeness (QED) is 0.105. The van der Waals surface area contributed by atoms with Crippen LogP contribution in [-0.2, 0) is 15.0 Å². The lowest BCUT2D eigenvalue weighted by Gasteiger charge is -2.36. The summed E-state index contributed by atoms with van der Waals surface area (Å²) < 4.78 is 51.9. The fourth-order valence-corrected chi connectivity index (χ4v) is 10.6. The molecule has 11 rings (SSSR count). The van der Waals surface area contributed by atoms with Crippen molar-refractivity contribution >= 4 is 27.9 Å². The normalized spacial score (nSPS) is 17.0. The molecule has 2 aromatic heterocycles. The van der Waals surface area contributed by atoms with Gasteiger partial charge in [0.25, 0.3) is 0 Å². The summed E-state index contributed by atoms with van der Waals surface area (Å²) >= 11 is 0. The van der Waals surface area contributed by atoms with Gasteiger partial charge in [-0.3, -0.25) is 4.68 Å². The Bertz CT molecular complexity index is 3130. The average Bonchev–Trinajstić information content (AvgIpc) is 3.99. The lowest BCUT2D eigenvalue weighted by atomic mass is 9.77. The van der Waals surface area contributed by atoms with Gasteiger partial charge in [-0.25, -0.2) is 14.2 Å². The van der Waals surface area contributed by atoms with E-state index >= 15 is 4.39 Å². The highest BCUT2D eigenvalue weighted by atomic mass is 19.1. The SMILES string of the molecule is Cc1c(F)cc2nn(C(c3ccccc3)(c3ccccc3)c3ccccc3)cc2c1-c1c(C2CC2)cc2c(O[C@H]3CCN(C(=O)OC(C)(C)C)C3)cc(OC3CCOCC3)nc2c1O[C@@H](C)c1ccccc1. The maximum absolute atomic E-state index is 17.2. The molecule has 72 heavy (non-hydrogen) atoms. The Balaban J connectivity index is 1.16. The zero-order chi connectivity index (χ0) is 49.6. The van der Waals surface area contributed by atoms with Crippen molar-refractivity contribution in [2.75, 3.05) is 26.3 Å². The number of pyridine rings is 1. The van der Waals surface area contributed by atoms with Crippen LogP contribution >= 0.6 is 0 Å². The van der Waals surface area contributed by atoms with E-state index in [4.69, 9.17) is 33.8 Å². The third kappa shape index (κ3) is 9.15. The number of benzene rings is 6. The van der Waals surface area contributed by atoms with Crippen LogP contribution in [0.4, 0.5) is 9.18 Å². The summed E-state index contributed by atoms with van der Waals surface area (Å²) in [6, 6.07) is 47.0. The molecule has 11 heteroatoms. The molecule has 3 fully saturated rings. The third-order valence-corrected chi connectivity index (χ3v) is 14.3. The first-order valence-corrected chi connectivity index (χ1v) is 25.4. The molecule has 2 atom stereocenters. The van der Waals surface area contributed by atoms with Crippen molar-refractivity contribution in [3.8, 4) is 28.5 Å². The third-order valence-electron chi connectivity index (χ3n) is 14.3. The van der Waals surface area contributed by atoms with E-state index in [2.05, 4.69) is 97.2 Å². The zero-order valence-electron chi connectivity index (χ0n) is 41.6. The Labute approximate surface area is 420 Å². The van der Waals surface area contributed by atoms with Crippen LogP contribution in [-0.4, -0.2) is 69.9 Å². The van der Waals surface area contributed by atoms with Crippen molar-refractivity contribution in [2.45, 2.75) is 102 Å². The molecule has 1 saturated carbocycles. The maximum atomic E-state index is 17.2. The molecule has 2 aliphatic heterocycles. The van der Waals surface area contributed by atoms with Gasteiger partial charge in [0.1, 0.15) is 46.5 Å². The second-order valence-electron chi connectivity index (χ2n) is 20.5. The van der Waals surface area contributed by atoms with Crippen molar-refractivity contribution in [1.82, 2.24) is 19.7 Å². The first-order valence-electron chi connectivity index (χ1n) is 25.4. The van der Waals surface area contributed by atoms with Gasteiger partial charge in [0.2, 0.25) is 5.88 Å². The summed E-state index contributed by atoms with van der Waals surface area (Å²) in [5.74, 6) is 1.26. The van der Waals surface area contributed by atoms with E-state index in [1.165, 1.54) is 0 Å². The van der Waals surface area contributed by atoms with Crippen LogP contribution in [0.25, 0.3) is 32.9 Å². The number of hydrogen-bond donors (Lipinski definition) is 0. The van der Waals surface area contributed by atoms with E-state index in [9.17, 15) is 4.79 Å². The summed E-state index contributed by atoms with van der Waals surface area (Å²) in [5.41, 5.74) is 6.42. The minimum atomic E-state index is -0.947. The molecule has 2 saturated heterocycles. The molecule has 0 spiro atoms. The number of fused-ring (bicyclic) bond motifs is 2. The number of carbonyl (C=O) groups excluding carboxylic acids is 1. The predicted molar refractivity (Wildman–Crippen MR) is 279 cm³/mol. The Morgan fingerprint density at radius 2 is 1.35 bits per heavy atom. The van der Waals surface area contributed by atoms with E-state index in [1.807, 2.05) is 81.8 Å². The van der Waals surface area contributed by atoms with Gasteiger partial charge in [0.05, 0.1) is 25.3 Å². The number of rotatable bonds is 13. The molecule has 1 amide bonds. The molecular weight excluding hydrogens is 904 g/mol. The summed E-state index contributed by atoms with van der Waals surface area (Å²) in [4.78, 5) is 20.4. The second kappa shape index (κ2) is 19.4. The smallest absolute Gasteiger partial charge is 0.410 e. The number of halogens is 1. The zero-order valence-corrected chi connectivity index (χ0v) is 41.6. The number of hydrogen-bond acceptors (Lipinski definition) is 8. The molecule has 0 unspecified atom stereocenters. The fourth-order valence-electron chi connectivity index (χ4n) is 10.6. The molecule has 1 aliphatic carbocycles. The second-order valence-corrected chi connectivity index (χ2v) is 20.5. The van der Waals surface area contributed by atoms with Crippen LogP contribution < -0.4 is 14.2 Å². The van der Waals surface area contributed by atoms with E-state index in [-0.39, 0.29) is 30.0 Å². The van der Waals surface area contributed by atoms with Crippen LogP contribution in [0.5, 0.6) is 17.4 Å². The minimum absolute atomic E-state index is 0.126. The molecular formula is C61H61FN4O6. The largest absolute Gasteiger partial charge is 0.488 e. The fraction of sp³-hybridized carbons (Fsp3) is 0.328. The summed E-state index contributed by atoms with van der Waals surface area (Å²) in [6.07, 6.45) is 4.77. The number of nitrogens with zero attached hydrogens (tertiary/aromatic N) is 4. The first-order chi connectivity index (χ1) is 34.9. The number of aromatic nitrogens is 3. The van der Waals surface area contributed by atoms with Gasteiger partial charge in [-0.1, -0.05) is 121 Å². The minimum Gasteiger partial charge on any atom is -0.488 e. The first kappa shape index (κ1) is 47.1.